The fourth-order valence-electron chi connectivity index (χ4n) is 3.73. The van der Waals surface area contributed by atoms with Gasteiger partial charge >= 0.3 is 0 Å². The lowest BCUT2D eigenvalue weighted by Crippen LogP contribution is -2.33. The summed E-state index contributed by atoms with van der Waals surface area (Å²) in [4.78, 5) is 15.3. The van der Waals surface area contributed by atoms with Crippen molar-refractivity contribution in [2.24, 2.45) is 0 Å². The lowest BCUT2D eigenvalue weighted by Gasteiger charge is -2.26. The first kappa shape index (κ1) is 21.5. The van der Waals surface area contributed by atoms with Crippen LogP contribution >= 0.6 is 0 Å². The van der Waals surface area contributed by atoms with Crippen molar-refractivity contribution in [2.75, 3.05) is 13.6 Å². The van der Waals surface area contributed by atoms with Crippen LogP contribution < -0.4 is 0 Å². The second-order valence-corrected chi connectivity index (χ2v) is 10.1. The smallest absolute Gasteiger partial charge is 0.254 e. The van der Waals surface area contributed by atoms with E-state index in [1.807, 2.05) is 18.7 Å². The van der Waals surface area contributed by atoms with Crippen LogP contribution in [0.2, 0.25) is 0 Å². The number of nitrogens with zero attached hydrogens (tertiary/aromatic N) is 2. The van der Waals surface area contributed by atoms with Crippen LogP contribution in [0.3, 0.4) is 0 Å². The van der Waals surface area contributed by atoms with Gasteiger partial charge in [0.15, 0.2) is 0 Å². The summed E-state index contributed by atoms with van der Waals surface area (Å²) in [5.41, 5.74) is 4.00. The van der Waals surface area contributed by atoms with Gasteiger partial charge in [-0.2, -0.15) is 4.31 Å². The van der Waals surface area contributed by atoms with Crippen molar-refractivity contribution < 1.29 is 13.2 Å². The Morgan fingerprint density at radius 1 is 1.10 bits per heavy atom. The van der Waals surface area contributed by atoms with Crippen molar-refractivity contribution >= 4 is 15.9 Å². The zero-order chi connectivity index (χ0) is 21.3. The number of sulfonamides is 1. The molecule has 0 saturated carbocycles. The number of rotatable bonds is 5. The van der Waals surface area contributed by atoms with E-state index in [1.54, 1.807) is 25.2 Å². The van der Waals surface area contributed by atoms with Gasteiger partial charge in [-0.15, -0.1) is 0 Å². The summed E-state index contributed by atoms with van der Waals surface area (Å²) >= 11 is 0. The fourth-order valence-corrected chi connectivity index (χ4v) is 5.14. The minimum Gasteiger partial charge on any atom is -0.332 e. The molecule has 1 aliphatic heterocycles. The molecular formula is C23H30N2O3S. The number of hydrogen-bond acceptors (Lipinski definition) is 3. The number of aryl methyl sites for hydroxylation is 2. The minimum atomic E-state index is -3.63. The van der Waals surface area contributed by atoms with Crippen molar-refractivity contribution in [3.8, 4) is 0 Å². The highest BCUT2D eigenvalue weighted by molar-refractivity contribution is 7.89. The van der Waals surface area contributed by atoms with Crippen LogP contribution in [-0.2, 0) is 10.0 Å². The quantitative estimate of drug-likeness (QED) is 0.733. The van der Waals surface area contributed by atoms with Gasteiger partial charge in [-0.25, -0.2) is 8.42 Å². The normalized spacial score (nSPS) is 17.3. The Bertz CT molecular complexity index is 1010. The van der Waals surface area contributed by atoms with Crippen molar-refractivity contribution in [3.05, 3.63) is 64.7 Å². The molecule has 156 valence electrons. The van der Waals surface area contributed by atoms with E-state index in [2.05, 4.69) is 32.0 Å². The molecule has 1 fully saturated rings. The van der Waals surface area contributed by atoms with Crippen molar-refractivity contribution in [2.45, 2.75) is 57.5 Å². The third-order valence-electron chi connectivity index (χ3n) is 5.91. The molecule has 0 N–H and O–H groups in total. The molecule has 0 aromatic heterocycles. The Morgan fingerprint density at radius 2 is 1.83 bits per heavy atom. The SMILES string of the molecule is Cc1ccc(C2CCCN2C(=O)c2cccc(S(=O)(=O)N(C)C(C)C)c2)cc1C. The lowest BCUT2D eigenvalue weighted by molar-refractivity contribution is 0.0735. The van der Waals surface area contributed by atoms with E-state index in [0.29, 0.717) is 12.1 Å². The number of carbonyl (C=O) groups excluding carboxylic acids is 1. The standard InChI is InChI=1S/C23H30N2O3S/c1-16(2)24(5)29(27,28)21-9-6-8-20(15-21)23(26)25-13-7-10-22(25)19-12-11-17(3)18(4)14-19/h6,8-9,11-12,14-16,22H,7,10,13H2,1-5H3. The maximum Gasteiger partial charge on any atom is 0.254 e. The number of likely N-dealkylation sites (tertiary alicyclic amines) is 1. The van der Waals surface area contributed by atoms with E-state index < -0.39 is 10.0 Å². The van der Waals surface area contributed by atoms with E-state index in [9.17, 15) is 13.2 Å². The first-order valence-corrected chi connectivity index (χ1v) is 11.5. The van der Waals surface area contributed by atoms with Gasteiger partial charge in [0, 0.05) is 25.2 Å². The second kappa shape index (κ2) is 8.28. The molecule has 5 nitrogen and oxygen atoms in total. The third kappa shape index (κ3) is 4.23. The van der Waals surface area contributed by atoms with Gasteiger partial charge in [-0.3, -0.25) is 4.79 Å². The van der Waals surface area contributed by atoms with E-state index >= 15 is 0 Å². The summed E-state index contributed by atoms with van der Waals surface area (Å²) in [6.07, 6.45) is 1.86. The van der Waals surface area contributed by atoms with Crippen LogP contribution in [0.5, 0.6) is 0 Å². The van der Waals surface area contributed by atoms with Gasteiger partial charge < -0.3 is 4.90 Å². The lowest BCUT2D eigenvalue weighted by atomic mass is 9.99. The maximum atomic E-state index is 13.3. The van der Waals surface area contributed by atoms with Crippen LogP contribution in [0.4, 0.5) is 0 Å². The molecule has 1 atom stereocenters. The summed E-state index contributed by atoms with van der Waals surface area (Å²) < 4.78 is 27.0. The highest BCUT2D eigenvalue weighted by atomic mass is 32.2. The molecule has 29 heavy (non-hydrogen) atoms. The Labute approximate surface area is 174 Å². The number of carbonyl (C=O) groups is 1. The second-order valence-electron chi connectivity index (χ2n) is 8.14. The zero-order valence-corrected chi connectivity index (χ0v) is 18.7. The van der Waals surface area contributed by atoms with Crippen molar-refractivity contribution in [1.82, 2.24) is 9.21 Å². The summed E-state index contributed by atoms with van der Waals surface area (Å²) in [6, 6.07) is 12.6. The van der Waals surface area contributed by atoms with E-state index in [1.165, 1.54) is 21.5 Å². The molecule has 1 amide bonds. The summed E-state index contributed by atoms with van der Waals surface area (Å²) in [5, 5.41) is 0. The number of hydrogen-bond donors (Lipinski definition) is 0. The molecular weight excluding hydrogens is 384 g/mol. The first-order chi connectivity index (χ1) is 13.6. The van der Waals surface area contributed by atoms with Gasteiger partial charge in [0.2, 0.25) is 10.0 Å². The Hall–Kier alpha value is -2.18. The molecule has 0 aliphatic carbocycles. The monoisotopic (exact) mass is 414 g/mol. The molecule has 3 rings (SSSR count). The predicted molar refractivity (Wildman–Crippen MR) is 115 cm³/mol. The van der Waals surface area contributed by atoms with Gasteiger partial charge in [0.1, 0.15) is 0 Å². The highest BCUT2D eigenvalue weighted by Gasteiger charge is 2.31. The van der Waals surface area contributed by atoms with Crippen LogP contribution in [-0.4, -0.2) is 43.2 Å². The Kier molecular flexibility index (Phi) is 6.15. The highest BCUT2D eigenvalue weighted by Crippen LogP contribution is 2.34. The number of amides is 1. The van der Waals surface area contributed by atoms with Gasteiger partial charge in [-0.05, 0) is 75.4 Å². The van der Waals surface area contributed by atoms with Crippen molar-refractivity contribution in [3.63, 3.8) is 0 Å². The van der Waals surface area contributed by atoms with E-state index in [4.69, 9.17) is 0 Å². The molecule has 2 aromatic rings. The van der Waals surface area contributed by atoms with Crippen LogP contribution in [0.1, 0.15) is 59.8 Å². The molecule has 1 unspecified atom stereocenters. The molecule has 6 heteroatoms. The molecule has 1 saturated heterocycles. The zero-order valence-electron chi connectivity index (χ0n) is 17.8. The molecule has 1 aliphatic rings. The Balaban J connectivity index is 1.91. The molecule has 0 radical (unpaired) electrons. The minimum absolute atomic E-state index is 0.0281. The van der Waals surface area contributed by atoms with Gasteiger partial charge in [-0.1, -0.05) is 24.3 Å². The predicted octanol–water partition coefficient (Wildman–Crippen LogP) is 4.31. The molecule has 0 bridgehead atoms. The summed E-state index contributed by atoms with van der Waals surface area (Å²) in [5.74, 6) is -0.116. The fraction of sp³-hybridized carbons (Fsp3) is 0.435. The largest absolute Gasteiger partial charge is 0.332 e. The molecule has 1 heterocycles. The van der Waals surface area contributed by atoms with Crippen LogP contribution in [0.25, 0.3) is 0 Å². The van der Waals surface area contributed by atoms with E-state index in [0.717, 1.165) is 18.4 Å². The third-order valence-corrected chi connectivity index (χ3v) is 7.94. The van der Waals surface area contributed by atoms with E-state index in [-0.39, 0.29) is 22.9 Å². The first-order valence-electron chi connectivity index (χ1n) is 10.1. The average Bonchev–Trinajstić information content (AvgIpc) is 3.18. The van der Waals surface area contributed by atoms with Crippen LogP contribution in [0.15, 0.2) is 47.4 Å². The van der Waals surface area contributed by atoms with Gasteiger partial charge in [0.05, 0.1) is 10.9 Å². The number of benzene rings is 2. The maximum absolute atomic E-state index is 13.3. The molecule has 0 spiro atoms. The molecule has 2 aromatic carbocycles. The Morgan fingerprint density at radius 3 is 2.48 bits per heavy atom. The summed E-state index contributed by atoms with van der Waals surface area (Å²) in [6.45, 7) is 8.49. The summed E-state index contributed by atoms with van der Waals surface area (Å²) in [7, 11) is -2.07. The average molecular weight is 415 g/mol. The van der Waals surface area contributed by atoms with Gasteiger partial charge in [0.25, 0.3) is 5.91 Å². The van der Waals surface area contributed by atoms with Crippen molar-refractivity contribution in [1.29, 1.82) is 0 Å². The topological polar surface area (TPSA) is 57.7 Å². The van der Waals surface area contributed by atoms with Crippen LogP contribution in [0, 0.1) is 13.8 Å².